The van der Waals surface area contributed by atoms with Crippen molar-refractivity contribution in [1.82, 2.24) is 4.90 Å². The maximum absolute atomic E-state index is 12.1. The van der Waals surface area contributed by atoms with Crippen LogP contribution in [0.1, 0.15) is 54.3 Å². The van der Waals surface area contributed by atoms with E-state index in [4.69, 9.17) is 4.74 Å². The molecular weight excluding hydrogens is 298 g/mol. The summed E-state index contributed by atoms with van der Waals surface area (Å²) in [5, 5.41) is 0. The summed E-state index contributed by atoms with van der Waals surface area (Å²) in [7, 11) is 0. The molecule has 0 saturated carbocycles. The van der Waals surface area contributed by atoms with Crippen LogP contribution in [0.5, 0.6) is 0 Å². The third-order valence-corrected chi connectivity index (χ3v) is 3.24. The summed E-state index contributed by atoms with van der Waals surface area (Å²) in [4.78, 5) is 48.7. The van der Waals surface area contributed by atoms with Crippen molar-refractivity contribution in [3.8, 4) is 0 Å². The number of ketones is 1. The van der Waals surface area contributed by atoms with Gasteiger partial charge in [0.05, 0.1) is 24.1 Å². The number of carbonyl (C=O) groups excluding carboxylic acids is 4. The number of carbonyl (C=O) groups is 4. The minimum atomic E-state index is -0.608. The van der Waals surface area contributed by atoms with Crippen LogP contribution in [0.2, 0.25) is 0 Å². The van der Waals surface area contributed by atoms with Crippen LogP contribution in [-0.2, 0) is 14.3 Å². The van der Waals surface area contributed by atoms with Crippen LogP contribution in [0.15, 0.2) is 24.3 Å². The molecule has 6 heteroatoms. The van der Waals surface area contributed by atoms with Crippen LogP contribution in [-0.4, -0.2) is 40.6 Å². The highest BCUT2D eigenvalue weighted by Gasteiger charge is 2.36. The van der Waals surface area contributed by atoms with Gasteiger partial charge in [-0.05, 0) is 32.9 Å². The van der Waals surface area contributed by atoms with Gasteiger partial charge in [-0.3, -0.25) is 24.1 Å². The van der Waals surface area contributed by atoms with Gasteiger partial charge in [0.15, 0.2) is 5.78 Å². The molecule has 0 atom stereocenters. The van der Waals surface area contributed by atoms with Gasteiger partial charge >= 0.3 is 5.97 Å². The third kappa shape index (κ3) is 4.03. The van der Waals surface area contributed by atoms with E-state index in [1.165, 1.54) is 0 Å². The molecule has 0 N–H and O–H groups in total. The van der Waals surface area contributed by atoms with Crippen molar-refractivity contribution in [1.29, 1.82) is 0 Å². The lowest BCUT2D eigenvalue weighted by Gasteiger charge is -2.19. The summed E-state index contributed by atoms with van der Waals surface area (Å²) in [5.41, 5.74) is -0.00210. The summed E-state index contributed by atoms with van der Waals surface area (Å²) < 4.78 is 5.11. The van der Waals surface area contributed by atoms with Gasteiger partial charge in [0.25, 0.3) is 11.8 Å². The number of imide groups is 1. The average Bonchev–Trinajstić information content (AvgIpc) is 2.69. The minimum absolute atomic E-state index is 0.0671. The van der Waals surface area contributed by atoms with E-state index in [-0.39, 0.29) is 25.2 Å². The number of ether oxygens (including phenoxy) is 1. The first-order valence-corrected chi connectivity index (χ1v) is 7.38. The zero-order chi connectivity index (χ0) is 17.2. The van der Waals surface area contributed by atoms with E-state index in [9.17, 15) is 19.2 Å². The van der Waals surface area contributed by atoms with E-state index in [2.05, 4.69) is 0 Å². The van der Waals surface area contributed by atoms with Crippen LogP contribution in [0.3, 0.4) is 0 Å². The molecular formula is C17H19NO5. The minimum Gasteiger partial charge on any atom is -0.460 e. The summed E-state index contributed by atoms with van der Waals surface area (Å²) in [6.45, 7) is 4.90. The lowest BCUT2D eigenvalue weighted by molar-refractivity contribution is -0.155. The number of esters is 1. The standard InChI is InChI=1S/C17H19NO5/c1-17(2,3)23-14(20)9-8-11(19)10-18-15(21)12-6-4-5-7-13(12)16(18)22/h4-7H,8-10H2,1-3H3. The first-order chi connectivity index (χ1) is 10.7. The lowest BCUT2D eigenvalue weighted by atomic mass is 10.1. The zero-order valence-corrected chi connectivity index (χ0v) is 13.4. The van der Waals surface area contributed by atoms with Gasteiger partial charge in [-0.1, -0.05) is 12.1 Å². The summed E-state index contributed by atoms with van der Waals surface area (Å²) in [5.74, 6) is -1.79. The summed E-state index contributed by atoms with van der Waals surface area (Å²) >= 11 is 0. The molecule has 0 radical (unpaired) electrons. The number of Topliss-reactive ketones (excluding diaryl/α,β-unsaturated/α-hetero) is 1. The molecule has 1 aromatic carbocycles. The van der Waals surface area contributed by atoms with E-state index in [0.717, 1.165) is 4.90 Å². The Labute approximate surface area is 134 Å². The van der Waals surface area contributed by atoms with Gasteiger partial charge in [-0.25, -0.2) is 0 Å². The highest BCUT2D eigenvalue weighted by Crippen LogP contribution is 2.22. The van der Waals surface area contributed by atoms with Crippen LogP contribution in [0, 0.1) is 0 Å². The van der Waals surface area contributed by atoms with Crippen LogP contribution in [0.25, 0.3) is 0 Å². The first kappa shape index (κ1) is 16.9. The first-order valence-electron chi connectivity index (χ1n) is 7.38. The molecule has 122 valence electrons. The second-order valence-corrected chi connectivity index (χ2v) is 6.37. The molecule has 23 heavy (non-hydrogen) atoms. The number of rotatable bonds is 5. The predicted octanol–water partition coefficient (Wildman–Crippen LogP) is 1.97. The highest BCUT2D eigenvalue weighted by atomic mass is 16.6. The second-order valence-electron chi connectivity index (χ2n) is 6.37. The van der Waals surface area contributed by atoms with Crippen molar-refractivity contribution in [3.63, 3.8) is 0 Å². The van der Waals surface area contributed by atoms with E-state index in [1.807, 2.05) is 0 Å². The predicted molar refractivity (Wildman–Crippen MR) is 81.9 cm³/mol. The van der Waals surface area contributed by atoms with Gasteiger partial charge in [0.2, 0.25) is 0 Å². The molecule has 1 aliphatic heterocycles. The number of hydrogen-bond acceptors (Lipinski definition) is 5. The monoisotopic (exact) mass is 317 g/mol. The average molecular weight is 317 g/mol. The Balaban J connectivity index is 1.91. The second kappa shape index (κ2) is 6.32. The van der Waals surface area contributed by atoms with Crippen LogP contribution in [0.4, 0.5) is 0 Å². The Morgan fingerprint density at radius 2 is 1.52 bits per heavy atom. The molecule has 0 bridgehead atoms. The van der Waals surface area contributed by atoms with Crippen molar-refractivity contribution < 1.29 is 23.9 Å². The maximum atomic E-state index is 12.1. The highest BCUT2D eigenvalue weighted by molar-refractivity contribution is 6.22. The zero-order valence-electron chi connectivity index (χ0n) is 13.4. The third-order valence-electron chi connectivity index (χ3n) is 3.24. The molecule has 0 aromatic heterocycles. The van der Waals surface area contributed by atoms with Crippen molar-refractivity contribution in [2.45, 2.75) is 39.2 Å². The Bertz CT molecular complexity index is 637. The quantitative estimate of drug-likeness (QED) is 0.612. The Morgan fingerprint density at radius 1 is 1.00 bits per heavy atom. The van der Waals surface area contributed by atoms with Gasteiger partial charge in [-0.15, -0.1) is 0 Å². The topological polar surface area (TPSA) is 80.8 Å². The molecule has 2 rings (SSSR count). The molecule has 0 spiro atoms. The van der Waals surface area contributed by atoms with Crippen molar-refractivity contribution in [2.24, 2.45) is 0 Å². The fourth-order valence-corrected chi connectivity index (χ4v) is 2.27. The lowest BCUT2D eigenvalue weighted by Crippen LogP contribution is -2.35. The molecule has 2 amide bonds. The number of benzene rings is 1. The van der Waals surface area contributed by atoms with Crippen LogP contribution < -0.4 is 0 Å². The molecule has 0 fully saturated rings. The van der Waals surface area contributed by atoms with Gasteiger partial charge in [0, 0.05) is 6.42 Å². The number of fused-ring (bicyclic) bond motifs is 1. The fourth-order valence-electron chi connectivity index (χ4n) is 2.27. The van der Waals surface area contributed by atoms with E-state index in [1.54, 1.807) is 45.0 Å². The molecule has 1 aliphatic rings. The van der Waals surface area contributed by atoms with Crippen LogP contribution >= 0.6 is 0 Å². The Morgan fingerprint density at radius 3 is 2.00 bits per heavy atom. The van der Waals surface area contributed by atoms with Crippen molar-refractivity contribution >= 4 is 23.6 Å². The van der Waals surface area contributed by atoms with E-state index >= 15 is 0 Å². The summed E-state index contributed by atoms with van der Waals surface area (Å²) in [6, 6.07) is 6.44. The van der Waals surface area contributed by atoms with Crippen molar-refractivity contribution in [3.05, 3.63) is 35.4 Å². The normalized spacial score (nSPS) is 14.0. The summed E-state index contributed by atoms with van der Waals surface area (Å²) in [6.07, 6.45) is -0.137. The smallest absolute Gasteiger partial charge is 0.306 e. The van der Waals surface area contributed by atoms with Gasteiger partial charge < -0.3 is 4.74 Å². The maximum Gasteiger partial charge on any atom is 0.306 e. The van der Waals surface area contributed by atoms with E-state index in [0.29, 0.717) is 11.1 Å². The largest absolute Gasteiger partial charge is 0.460 e. The molecule has 1 aromatic rings. The number of amides is 2. The number of nitrogens with zero attached hydrogens (tertiary/aromatic N) is 1. The molecule has 1 heterocycles. The van der Waals surface area contributed by atoms with Gasteiger partial charge in [-0.2, -0.15) is 0 Å². The Kier molecular flexibility index (Phi) is 4.63. The molecule has 6 nitrogen and oxygen atoms in total. The number of hydrogen-bond donors (Lipinski definition) is 0. The SMILES string of the molecule is CC(C)(C)OC(=O)CCC(=O)CN1C(=O)c2ccccc2C1=O. The Hall–Kier alpha value is -2.50. The fraction of sp³-hybridized carbons (Fsp3) is 0.412. The van der Waals surface area contributed by atoms with Gasteiger partial charge in [0.1, 0.15) is 5.60 Å². The molecule has 0 aliphatic carbocycles. The van der Waals surface area contributed by atoms with Crippen molar-refractivity contribution in [2.75, 3.05) is 6.54 Å². The molecule has 0 saturated heterocycles. The molecule has 0 unspecified atom stereocenters. The van der Waals surface area contributed by atoms with E-state index < -0.39 is 23.4 Å².